The highest BCUT2D eigenvalue weighted by Gasteiger charge is 2.29. The van der Waals surface area contributed by atoms with Gasteiger partial charge in [-0.25, -0.2) is 19.6 Å². The van der Waals surface area contributed by atoms with Gasteiger partial charge in [-0.15, -0.1) is 5.10 Å². The Bertz CT molecular complexity index is 1010. The monoisotopic (exact) mass is 350 g/mol. The number of ether oxygens (including phenoxy) is 2. The van der Waals surface area contributed by atoms with E-state index in [0.29, 0.717) is 41.3 Å². The Kier molecular flexibility index (Phi) is 3.56. The highest BCUT2D eigenvalue weighted by Crippen LogP contribution is 2.40. The Balaban J connectivity index is 1.53. The molecule has 0 amide bonds. The molecule has 1 fully saturated rings. The third-order valence-corrected chi connectivity index (χ3v) is 4.65. The number of nitrogen functional groups attached to an aromatic ring is 1. The lowest BCUT2D eigenvalue weighted by Crippen LogP contribution is -2.04. The lowest BCUT2D eigenvalue weighted by Gasteiger charge is -2.14. The molecule has 0 bridgehead atoms. The van der Waals surface area contributed by atoms with Crippen molar-refractivity contribution in [2.24, 2.45) is 0 Å². The second-order valence-electron chi connectivity index (χ2n) is 6.48. The zero-order valence-electron chi connectivity index (χ0n) is 14.1. The fourth-order valence-electron chi connectivity index (χ4n) is 3.16. The Hall–Kier alpha value is -3.00. The van der Waals surface area contributed by atoms with Crippen LogP contribution in [0.3, 0.4) is 0 Å². The van der Waals surface area contributed by atoms with Crippen LogP contribution in [0.15, 0.2) is 30.7 Å². The van der Waals surface area contributed by atoms with Crippen molar-refractivity contribution in [3.8, 4) is 11.8 Å². The van der Waals surface area contributed by atoms with Crippen LogP contribution in [0.4, 0.5) is 5.82 Å². The van der Waals surface area contributed by atoms with Crippen molar-refractivity contribution in [2.75, 3.05) is 18.9 Å². The fourth-order valence-corrected chi connectivity index (χ4v) is 3.16. The molecule has 0 spiro atoms. The molecule has 3 aromatic rings. The van der Waals surface area contributed by atoms with Gasteiger partial charge in [-0.2, -0.15) is 0 Å². The highest BCUT2D eigenvalue weighted by molar-refractivity contribution is 5.91. The molecule has 3 aromatic heterocycles. The first-order chi connectivity index (χ1) is 12.8. The molecular weight excluding hydrogens is 332 g/mol. The molecule has 0 saturated heterocycles. The summed E-state index contributed by atoms with van der Waals surface area (Å²) < 4.78 is 13.3. The number of aromatic nitrogens is 5. The third-order valence-electron chi connectivity index (χ3n) is 4.65. The van der Waals surface area contributed by atoms with Gasteiger partial charge >= 0.3 is 0 Å². The average Bonchev–Trinajstić information content (AvgIpc) is 3.46. The number of rotatable bonds is 4. The van der Waals surface area contributed by atoms with Crippen LogP contribution in [-0.2, 0) is 4.74 Å². The molecule has 2 N–H and O–H groups in total. The maximum atomic E-state index is 6.06. The molecule has 0 atom stereocenters. The van der Waals surface area contributed by atoms with Crippen molar-refractivity contribution in [3.05, 3.63) is 36.3 Å². The number of fused-ring (bicyclic) bond motifs is 1. The van der Waals surface area contributed by atoms with Crippen LogP contribution in [0, 0.1) is 0 Å². The Morgan fingerprint density at radius 2 is 2.15 bits per heavy atom. The van der Waals surface area contributed by atoms with E-state index in [1.54, 1.807) is 6.20 Å². The van der Waals surface area contributed by atoms with E-state index >= 15 is 0 Å². The van der Waals surface area contributed by atoms with Gasteiger partial charge < -0.3 is 15.2 Å². The topological polar surface area (TPSA) is 101 Å². The molecule has 2 aliphatic rings. The van der Waals surface area contributed by atoms with E-state index in [1.807, 2.05) is 16.8 Å². The van der Waals surface area contributed by atoms with Crippen LogP contribution in [0.1, 0.15) is 30.9 Å². The van der Waals surface area contributed by atoms with Crippen molar-refractivity contribution >= 4 is 22.4 Å². The van der Waals surface area contributed by atoms with E-state index in [0.717, 1.165) is 31.4 Å². The first-order valence-electron chi connectivity index (χ1n) is 8.69. The summed E-state index contributed by atoms with van der Waals surface area (Å²) in [6.45, 7) is 1.37. The molecular formula is C18H18N6O2. The molecule has 1 aliphatic heterocycles. The molecule has 1 aliphatic carbocycles. The lowest BCUT2D eigenvalue weighted by molar-refractivity contribution is 0.161. The van der Waals surface area contributed by atoms with Gasteiger partial charge in [0, 0.05) is 12.3 Å². The summed E-state index contributed by atoms with van der Waals surface area (Å²) in [4.78, 5) is 12.8. The number of nitrogens with zero attached hydrogens (tertiary/aromatic N) is 5. The molecule has 0 unspecified atom stereocenters. The zero-order chi connectivity index (χ0) is 17.5. The quantitative estimate of drug-likeness (QED) is 0.772. The number of hydrogen-bond donors (Lipinski definition) is 1. The van der Waals surface area contributed by atoms with Gasteiger partial charge in [0.25, 0.3) is 5.88 Å². The second kappa shape index (κ2) is 6.06. The standard InChI is InChI=1S/C18H18N6O2/c19-16-15-17(22-10-21-16)24(13-1-2-13)23-18(15)26-14-9-12(3-6-20-14)11-4-7-25-8-5-11/h3-4,6,9-10,13H,1-2,5,7-8H2,(H2,19,21,22). The van der Waals surface area contributed by atoms with E-state index in [1.165, 1.54) is 11.9 Å². The summed E-state index contributed by atoms with van der Waals surface area (Å²) >= 11 is 0. The molecule has 1 saturated carbocycles. The van der Waals surface area contributed by atoms with Crippen LogP contribution < -0.4 is 10.5 Å². The van der Waals surface area contributed by atoms with Crippen molar-refractivity contribution in [3.63, 3.8) is 0 Å². The Morgan fingerprint density at radius 3 is 2.96 bits per heavy atom. The van der Waals surface area contributed by atoms with Crippen LogP contribution in [0.25, 0.3) is 16.6 Å². The van der Waals surface area contributed by atoms with Crippen molar-refractivity contribution in [1.82, 2.24) is 24.7 Å². The van der Waals surface area contributed by atoms with Crippen molar-refractivity contribution in [2.45, 2.75) is 25.3 Å². The molecule has 26 heavy (non-hydrogen) atoms. The summed E-state index contributed by atoms with van der Waals surface area (Å²) in [6, 6.07) is 4.25. The van der Waals surface area contributed by atoms with Gasteiger partial charge in [-0.1, -0.05) is 6.08 Å². The number of nitrogens with two attached hydrogens (primary N) is 1. The summed E-state index contributed by atoms with van der Waals surface area (Å²) in [6.07, 6.45) is 8.34. The molecule has 8 nitrogen and oxygen atoms in total. The van der Waals surface area contributed by atoms with E-state index in [9.17, 15) is 0 Å². The minimum atomic E-state index is 0.357. The van der Waals surface area contributed by atoms with Crippen LogP contribution in [-0.4, -0.2) is 37.9 Å². The van der Waals surface area contributed by atoms with E-state index in [2.05, 4.69) is 26.1 Å². The maximum absolute atomic E-state index is 6.06. The lowest BCUT2D eigenvalue weighted by atomic mass is 10.0. The first kappa shape index (κ1) is 15.3. The average molecular weight is 350 g/mol. The van der Waals surface area contributed by atoms with Crippen LogP contribution >= 0.6 is 0 Å². The minimum Gasteiger partial charge on any atom is -0.418 e. The smallest absolute Gasteiger partial charge is 0.253 e. The van der Waals surface area contributed by atoms with Gasteiger partial charge in [0.15, 0.2) is 5.65 Å². The predicted molar refractivity (Wildman–Crippen MR) is 95.7 cm³/mol. The van der Waals surface area contributed by atoms with E-state index in [4.69, 9.17) is 15.2 Å². The number of pyridine rings is 1. The van der Waals surface area contributed by atoms with E-state index < -0.39 is 0 Å². The fraction of sp³-hybridized carbons (Fsp3) is 0.333. The minimum absolute atomic E-state index is 0.357. The van der Waals surface area contributed by atoms with Gasteiger partial charge in [-0.05, 0) is 36.5 Å². The zero-order valence-corrected chi connectivity index (χ0v) is 14.1. The number of hydrogen-bond acceptors (Lipinski definition) is 7. The van der Waals surface area contributed by atoms with Gasteiger partial charge in [-0.3, -0.25) is 0 Å². The molecule has 0 aromatic carbocycles. The van der Waals surface area contributed by atoms with Gasteiger partial charge in [0.1, 0.15) is 17.5 Å². The molecule has 132 valence electrons. The van der Waals surface area contributed by atoms with Gasteiger partial charge in [0.05, 0.1) is 19.3 Å². The van der Waals surface area contributed by atoms with Gasteiger partial charge in [0.2, 0.25) is 5.88 Å². The molecule has 0 radical (unpaired) electrons. The summed E-state index contributed by atoms with van der Waals surface area (Å²) in [5, 5.41) is 5.22. The summed E-state index contributed by atoms with van der Waals surface area (Å²) in [5.74, 6) is 1.23. The van der Waals surface area contributed by atoms with Crippen molar-refractivity contribution < 1.29 is 9.47 Å². The van der Waals surface area contributed by atoms with Crippen LogP contribution in [0.2, 0.25) is 0 Å². The Labute approximate surface area is 149 Å². The molecule has 5 rings (SSSR count). The Morgan fingerprint density at radius 1 is 1.23 bits per heavy atom. The molecule has 8 heteroatoms. The second-order valence-corrected chi connectivity index (χ2v) is 6.48. The predicted octanol–water partition coefficient (Wildman–Crippen LogP) is 2.73. The van der Waals surface area contributed by atoms with Crippen molar-refractivity contribution in [1.29, 1.82) is 0 Å². The van der Waals surface area contributed by atoms with Crippen LogP contribution in [0.5, 0.6) is 11.8 Å². The largest absolute Gasteiger partial charge is 0.418 e. The normalized spacial score (nSPS) is 17.3. The van der Waals surface area contributed by atoms with E-state index in [-0.39, 0.29) is 0 Å². The number of anilines is 1. The summed E-state index contributed by atoms with van der Waals surface area (Å²) in [7, 11) is 0. The SMILES string of the molecule is Nc1ncnc2c1c(Oc1cc(C3=CCOCC3)ccn1)nn2C1CC1. The highest BCUT2D eigenvalue weighted by atomic mass is 16.5. The molecule has 4 heterocycles. The maximum Gasteiger partial charge on any atom is 0.253 e. The summed E-state index contributed by atoms with van der Waals surface area (Å²) in [5.41, 5.74) is 9.08. The third kappa shape index (κ3) is 2.68. The first-order valence-corrected chi connectivity index (χ1v) is 8.69.